The van der Waals surface area contributed by atoms with Crippen molar-refractivity contribution in [1.82, 2.24) is 0 Å². The molecule has 1 N–H and O–H groups in total. The van der Waals surface area contributed by atoms with Crippen molar-refractivity contribution in [3.8, 4) is 22.6 Å². The molecule has 1 fully saturated rings. The van der Waals surface area contributed by atoms with E-state index in [1.54, 1.807) is 25.1 Å². The highest BCUT2D eigenvalue weighted by molar-refractivity contribution is 5.95. The number of aromatic carboxylic acids is 1. The van der Waals surface area contributed by atoms with Crippen LogP contribution in [-0.4, -0.2) is 23.7 Å². The number of hydrogen-bond donors (Lipinski definition) is 1. The van der Waals surface area contributed by atoms with E-state index < -0.39 is 17.2 Å². The molecule has 0 aromatic heterocycles. The standard InChI is InChI=1S/C26H21FO5.H2/c1-15-10-21(27)18(11-20(15)16-2-4-17(5-3-16)25(29)30)12-24(28)26(8-9-26)19-6-7-22-23(13-19)32-14-31-22;/h2-7,10-11,13H,8-9,12,14H2,1H3,(H,29,30);1H. The average molecular weight is 434 g/mol. The van der Waals surface area contributed by atoms with E-state index in [4.69, 9.17) is 14.6 Å². The molecule has 1 saturated carbocycles. The third-order valence-corrected chi connectivity index (χ3v) is 6.40. The Morgan fingerprint density at radius 3 is 2.44 bits per heavy atom. The van der Waals surface area contributed by atoms with Gasteiger partial charge >= 0.3 is 5.97 Å². The normalized spacial score (nSPS) is 15.4. The third kappa shape index (κ3) is 3.42. The number of Topliss-reactive ketones (excluding diaryl/α,β-unsaturated/α-hetero) is 1. The SMILES string of the molecule is Cc1cc(F)c(CC(=O)C2(c3ccc4c(c3)OCO4)CC2)cc1-c1ccc(C(=O)O)cc1.[HH]. The van der Waals surface area contributed by atoms with E-state index in [0.717, 1.165) is 35.1 Å². The van der Waals surface area contributed by atoms with E-state index in [2.05, 4.69) is 0 Å². The van der Waals surface area contributed by atoms with Crippen molar-refractivity contribution in [2.45, 2.75) is 31.6 Å². The highest BCUT2D eigenvalue weighted by Gasteiger charge is 2.51. The predicted molar refractivity (Wildman–Crippen MR) is 118 cm³/mol. The molecule has 3 aromatic rings. The van der Waals surface area contributed by atoms with Crippen LogP contribution in [0, 0.1) is 12.7 Å². The highest BCUT2D eigenvalue weighted by Crippen LogP contribution is 2.51. The molecule has 0 unspecified atom stereocenters. The summed E-state index contributed by atoms with van der Waals surface area (Å²) in [6.07, 6.45) is 1.44. The summed E-state index contributed by atoms with van der Waals surface area (Å²) in [7, 11) is 0. The van der Waals surface area contributed by atoms with Gasteiger partial charge in [-0.15, -0.1) is 0 Å². The molecular formula is C26H23FO5. The number of carbonyl (C=O) groups is 2. The molecule has 6 heteroatoms. The Bertz CT molecular complexity index is 1250. The zero-order valence-electron chi connectivity index (χ0n) is 17.5. The summed E-state index contributed by atoms with van der Waals surface area (Å²) in [6.45, 7) is 1.97. The van der Waals surface area contributed by atoms with E-state index in [-0.39, 0.29) is 26.0 Å². The summed E-state index contributed by atoms with van der Waals surface area (Å²) in [5.41, 5.74) is 3.06. The number of carboxylic acids is 1. The number of ether oxygens (including phenoxy) is 2. The van der Waals surface area contributed by atoms with Crippen molar-refractivity contribution in [3.05, 3.63) is 82.7 Å². The quantitative estimate of drug-likeness (QED) is 0.569. The molecule has 164 valence electrons. The Labute approximate surface area is 185 Å². The molecule has 0 bridgehead atoms. The first kappa shape index (κ1) is 20.2. The second-order valence-electron chi connectivity index (χ2n) is 8.39. The van der Waals surface area contributed by atoms with Crippen LogP contribution in [0.3, 0.4) is 0 Å². The number of carboxylic acid groups (broad SMARTS) is 1. The summed E-state index contributed by atoms with van der Waals surface area (Å²) in [5, 5.41) is 9.11. The largest absolute Gasteiger partial charge is 0.478 e. The van der Waals surface area contributed by atoms with Gasteiger partial charge in [0.1, 0.15) is 11.6 Å². The molecule has 2 aliphatic rings. The lowest BCUT2D eigenvalue weighted by Gasteiger charge is -2.17. The molecule has 5 rings (SSSR count). The molecule has 0 saturated heterocycles. The molecule has 1 heterocycles. The summed E-state index contributed by atoms with van der Waals surface area (Å²) < 4.78 is 25.6. The van der Waals surface area contributed by atoms with Crippen LogP contribution in [0.2, 0.25) is 0 Å². The first-order valence-corrected chi connectivity index (χ1v) is 10.4. The monoisotopic (exact) mass is 434 g/mol. The maximum atomic E-state index is 14.8. The fraction of sp³-hybridized carbons (Fsp3) is 0.231. The molecule has 5 nitrogen and oxygen atoms in total. The zero-order valence-corrected chi connectivity index (χ0v) is 17.5. The number of rotatable bonds is 6. The van der Waals surface area contributed by atoms with Crippen LogP contribution < -0.4 is 9.47 Å². The number of ketones is 1. The minimum atomic E-state index is -1.00. The van der Waals surface area contributed by atoms with Crippen LogP contribution in [0.25, 0.3) is 11.1 Å². The van der Waals surface area contributed by atoms with Gasteiger partial charge in [0, 0.05) is 7.85 Å². The number of halogens is 1. The maximum absolute atomic E-state index is 14.8. The second kappa shape index (κ2) is 7.48. The van der Waals surface area contributed by atoms with E-state index in [1.807, 2.05) is 18.2 Å². The fourth-order valence-electron chi connectivity index (χ4n) is 4.35. The van der Waals surface area contributed by atoms with Crippen LogP contribution in [0.1, 0.15) is 41.3 Å². The molecule has 0 amide bonds. The van der Waals surface area contributed by atoms with E-state index in [9.17, 15) is 14.0 Å². The van der Waals surface area contributed by atoms with Gasteiger partial charge in [-0.05, 0) is 84.0 Å². The summed E-state index contributed by atoms with van der Waals surface area (Å²) in [5.74, 6) is -0.137. The van der Waals surface area contributed by atoms with Gasteiger partial charge in [0.25, 0.3) is 0 Å². The highest BCUT2D eigenvalue weighted by atomic mass is 19.1. The van der Waals surface area contributed by atoms with Crippen LogP contribution >= 0.6 is 0 Å². The topological polar surface area (TPSA) is 72.8 Å². The van der Waals surface area contributed by atoms with Crippen molar-refractivity contribution in [3.63, 3.8) is 0 Å². The van der Waals surface area contributed by atoms with Gasteiger partial charge in [-0.1, -0.05) is 18.2 Å². The summed E-state index contributed by atoms with van der Waals surface area (Å²) in [6, 6.07) is 15.1. The van der Waals surface area contributed by atoms with Crippen LogP contribution in [-0.2, 0) is 16.6 Å². The molecule has 0 spiro atoms. The van der Waals surface area contributed by atoms with Crippen LogP contribution in [0.5, 0.6) is 11.5 Å². The van der Waals surface area contributed by atoms with E-state index in [1.165, 1.54) is 18.2 Å². The Morgan fingerprint density at radius 1 is 1.03 bits per heavy atom. The number of aryl methyl sites for hydroxylation is 1. The van der Waals surface area contributed by atoms with Crippen molar-refractivity contribution in [2.24, 2.45) is 0 Å². The van der Waals surface area contributed by atoms with E-state index in [0.29, 0.717) is 17.1 Å². The maximum Gasteiger partial charge on any atom is 0.335 e. The van der Waals surface area contributed by atoms with Gasteiger partial charge < -0.3 is 14.6 Å². The van der Waals surface area contributed by atoms with Gasteiger partial charge in [-0.25, -0.2) is 9.18 Å². The van der Waals surface area contributed by atoms with Crippen molar-refractivity contribution >= 4 is 11.8 Å². The summed E-state index contributed by atoms with van der Waals surface area (Å²) in [4.78, 5) is 24.4. The molecular weight excluding hydrogens is 411 g/mol. The molecule has 0 atom stereocenters. The zero-order chi connectivity index (χ0) is 22.5. The Balaban J connectivity index is 0.00000259. The van der Waals surface area contributed by atoms with Crippen molar-refractivity contribution in [2.75, 3.05) is 6.79 Å². The molecule has 32 heavy (non-hydrogen) atoms. The molecule has 1 aliphatic carbocycles. The lowest BCUT2D eigenvalue weighted by molar-refractivity contribution is -0.120. The number of carbonyl (C=O) groups excluding carboxylic acids is 1. The van der Waals surface area contributed by atoms with Gasteiger partial charge in [-0.2, -0.15) is 0 Å². The minimum absolute atomic E-state index is 0. The molecule has 3 aromatic carbocycles. The van der Waals surface area contributed by atoms with Gasteiger partial charge in [0.05, 0.1) is 11.0 Å². The van der Waals surface area contributed by atoms with Gasteiger partial charge in [0.2, 0.25) is 6.79 Å². The van der Waals surface area contributed by atoms with Crippen LogP contribution in [0.4, 0.5) is 4.39 Å². The van der Waals surface area contributed by atoms with Crippen molar-refractivity contribution < 1.29 is 30.0 Å². The Morgan fingerprint density at radius 2 is 1.75 bits per heavy atom. The lowest BCUT2D eigenvalue weighted by atomic mass is 9.86. The summed E-state index contributed by atoms with van der Waals surface area (Å²) >= 11 is 0. The smallest absolute Gasteiger partial charge is 0.335 e. The Kier molecular flexibility index (Phi) is 4.73. The van der Waals surface area contributed by atoms with Gasteiger partial charge in [-0.3, -0.25) is 4.79 Å². The van der Waals surface area contributed by atoms with E-state index >= 15 is 0 Å². The minimum Gasteiger partial charge on any atom is -0.478 e. The first-order chi connectivity index (χ1) is 15.4. The van der Waals surface area contributed by atoms with Crippen molar-refractivity contribution in [1.29, 1.82) is 0 Å². The number of hydrogen-bond acceptors (Lipinski definition) is 4. The average Bonchev–Trinajstić information content (AvgIpc) is 3.46. The first-order valence-electron chi connectivity index (χ1n) is 10.4. The number of benzene rings is 3. The Hall–Kier alpha value is -3.67. The number of fused-ring (bicyclic) bond motifs is 1. The third-order valence-electron chi connectivity index (χ3n) is 6.40. The van der Waals surface area contributed by atoms with Crippen LogP contribution in [0.15, 0.2) is 54.6 Å². The fourth-order valence-corrected chi connectivity index (χ4v) is 4.35. The lowest BCUT2D eigenvalue weighted by Crippen LogP contribution is -2.23. The molecule has 1 aliphatic heterocycles. The van der Waals surface area contributed by atoms with Gasteiger partial charge in [0.15, 0.2) is 11.5 Å². The predicted octanol–water partition coefficient (Wildman–Crippen LogP) is 5.32. The molecule has 0 radical (unpaired) electrons. The second-order valence-corrected chi connectivity index (χ2v) is 8.39.